The zero-order valence-electron chi connectivity index (χ0n) is 13.6. The fourth-order valence-corrected chi connectivity index (χ4v) is 3.12. The normalized spacial score (nSPS) is 13.3. The largest absolute Gasteiger partial charge is 0.481 e. The number of pyridine rings is 1. The van der Waals surface area contributed by atoms with Crippen molar-refractivity contribution in [2.75, 3.05) is 23.4 Å². The van der Waals surface area contributed by atoms with Crippen LogP contribution in [0.15, 0.2) is 54.7 Å². The van der Waals surface area contributed by atoms with E-state index >= 15 is 0 Å². The van der Waals surface area contributed by atoms with Gasteiger partial charge in [0.25, 0.3) is 5.91 Å². The highest BCUT2D eigenvalue weighted by atomic mass is 35.5. The molecule has 6 nitrogen and oxygen atoms in total. The summed E-state index contributed by atoms with van der Waals surface area (Å²) in [6, 6.07) is 14.2. The molecule has 1 aromatic heterocycles. The number of fused-ring (bicyclic) bond motifs is 2. The second kappa shape index (κ2) is 6.65. The van der Waals surface area contributed by atoms with Crippen molar-refractivity contribution in [3.05, 3.63) is 59.8 Å². The lowest BCUT2D eigenvalue weighted by Crippen LogP contribution is -2.44. The predicted octanol–water partition coefficient (Wildman–Crippen LogP) is 3.25. The zero-order valence-corrected chi connectivity index (χ0v) is 14.4. The highest BCUT2D eigenvalue weighted by molar-refractivity contribution is 6.35. The van der Waals surface area contributed by atoms with Gasteiger partial charge in [-0.25, -0.2) is 0 Å². The van der Waals surface area contributed by atoms with Gasteiger partial charge < -0.3 is 10.1 Å². The van der Waals surface area contributed by atoms with Crippen LogP contribution >= 0.6 is 11.6 Å². The van der Waals surface area contributed by atoms with Crippen molar-refractivity contribution in [1.82, 2.24) is 4.98 Å². The first-order chi connectivity index (χ1) is 12.6. The number of para-hydroxylation sites is 2. The molecule has 2 heterocycles. The zero-order chi connectivity index (χ0) is 18.1. The molecule has 0 aliphatic carbocycles. The minimum Gasteiger partial charge on any atom is -0.481 e. The number of nitrogens with zero attached hydrogens (tertiary/aromatic N) is 2. The van der Waals surface area contributed by atoms with Crippen LogP contribution in [0.1, 0.15) is 0 Å². The molecule has 7 heteroatoms. The van der Waals surface area contributed by atoms with Gasteiger partial charge in [-0.05, 0) is 36.4 Å². The molecular weight excluding hydrogens is 354 g/mol. The molecule has 2 aromatic carbocycles. The lowest BCUT2D eigenvalue weighted by molar-refractivity contribution is -0.123. The van der Waals surface area contributed by atoms with E-state index in [1.807, 2.05) is 12.1 Å². The Morgan fingerprint density at radius 3 is 2.92 bits per heavy atom. The topological polar surface area (TPSA) is 71.5 Å². The number of amides is 2. The van der Waals surface area contributed by atoms with Crippen molar-refractivity contribution >= 4 is 45.7 Å². The number of anilines is 2. The third-order valence-electron chi connectivity index (χ3n) is 4.10. The second-order valence-electron chi connectivity index (χ2n) is 5.78. The van der Waals surface area contributed by atoms with E-state index in [1.165, 1.54) is 4.90 Å². The molecule has 26 heavy (non-hydrogen) atoms. The molecule has 1 N–H and O–H groups in total. The van der Waals surface area contributed by atoms with Crippen molar-refractivity contribution in [2.45, 2.75) is 0 Å². The molecule has 0 bridgehead atoms. The maximum Gasteiger partial charge on any atom is 0.265 e. The van der Waals surface area contributed by atoms with E-state index in [2.05, 4.69) is 10.3 Å². The smallest absolute Gasteiger partial charge is 0.265 e. The Balaban J connectivity index is 1.57. The minimum absolute atomic E-state index is 0.0428. The number of hydrogen-bond donors (Lipinski definition) is 1. The molecule has 0 saturated carbocycles. The summed E-state index contributed by atoms with van der Waals surface area (Å²) in [5.74, 6) is -0.0879. The van der Waals surface area contributed by atoms with Gasteiger partial charge in [-0.1, -0.05) is 23.7 Å². The van der Waals surface area contributed by atoms with Crippen molar-refractivity contribution in [1.29, 1.82) is 0 Å². The summed E-state index contributed by atoms with van der Waals surface area (Å²) in [5.41, 5.74) is 1.85. The first kappa shape index (κ1) is 16.4. The number of hydrogen-bond acceptors (Lipinski definition) is 4. The SMILES string of the molecule is O=C1CN(C(=O)COc2ccc(Cl)c3cccnc23)c2ccccc2N1. The maximum atomic E-state index is 12.7. The van der Waals surface area contributed by atoms with Gasteiger partial charge in [0.1, 0.15) is 17.8 Å². The Labute approximate surface area is 154 Å². The summed E-state index contributed by atoms with van der Waals surface area (Å²) in [7, 11) is 0. The molecular formula is C19H14ClN3O3. The van der Waals surface area contributed by atoms with Crippen LogP contribution in [0.25, 0.3) is 10.9 Å². The maximum absolute atomic E-state index is 12.7. The predicted molar refractivity (Wildman–Crippen MR) is 99.7 cm³/mol. The van der Waals surface area contributed by atoms with Gasteiger partial charge in [0.05, 0.1) is 16.4 Å². The third kappa shape index (κ3) is 2.95. The van der Waals surface area contributed by atoms with Crippen molar-refractivity contribution < 1.29 is 14.3 Å². The molecule has 0 spiro atoms. The van der Waals surface area contributed by atoms with Crippen LogP contribution in [-0.2, 0) is 9.59 Å². The summed E-state index contributed by atoms with van der Waals surface area (Å²) in [6.45, 7) is -0.256. The molecule has 0 radical (unpaired) electrons. The van der Waals surface area contributed by atoms with Crippen LogP contribution in [0.2, 0.25) is 5.02 Å². The molecule has 0 unspecified atom stereocenters. The Hall–Kier alpha value is -3.12. The number of benzene rings is 2. The molecule has 0 atom stereocenters. The van der Waals surface area contributed by atoms with Crippen LogP contribution in [0, 0.1) is 0 Å². The van der Waals surface area contributed by atoms with E-state index in [1.54, 1.807) is 42.6 Å². The summed E-state index contributed by atoms with van der Waals surface area (Å²) in [4.78, 5) is 30.2. The van der Waals surface area contributed by atoms with E-state index < -0.39 is 0 Å². The molecule has 4 rings (SSSR count). The number of carbonyl (C=O) groups is 2. The number of halogens is 1. The van der Waals surface area contributed by atoms with Gasteiger partial charge in [0.2, 0.25) is 5.91 Å². The Morgan fingerprint density at radius 2 is 2.04 bits per heavy atom. The number of aromatic nitrogens is 1. The van der Waals surface area contributed by atoms with Gasteiger partial charge in [0.15, 0.2) is 6.61 Å². The van der Waals surface area contributed by atoms with Gasteiger partial charge in [-0.2, -0.15) is 0 Å². The second-order valence-corrected chi connectivity index (χ2v) is 6.19. The van der Waals surface area contributed by atoms with Crippen molar-refractivity contribution in [2.24, 2.45) is 0 Å². The molecule has 0 fully saturated rings. The number of nitrogens with one attached hydrogen (secondary N) is 1. The first-order valence-electron chi connectivity index (χ1n) is 7.99. The van der Waals surface area contributed by atoms with Gasteiger partial charge in [0, 0.05) is 11.6 Å². The summed E-state index contributed by atoms with van der Waals surface area (Å²) in [5, 5.41) is 4.07. The molecule has 130 valence electrons. The fourth-order valence-electron chi connectivity index (χ4n) is 2.90. The highest BCUT2D eigenvalue weighted by Crippen LogP contribution is 2.31. The van der Waals surface area contributed by atoms with Gasteiger partial charge >= 0.3 is 0 Å². The van der Waals surface area contributed by atoms with E-state index in [9.17, 15) is 9.59 Å². The van der Waals surface area contributed by atoms with Crippen molar-refractivity contribution in [3.63, 3.8) is 0 Å². The fraction of sp³-hybridized carbons (Fsp3) is 0.105. The van der Waals surface area contributed by atoms with Crippen molar-refractivity contribution in [3.8, 4) is 5.75 Å². The number of rotatable bonds is 3. The average Bonchev–Trinajstić information content (AvgIpc) is 2.67. The molecule has 1 aliphatic heterocycles. The van der Waals surface area contributed by atoms with Gasteiger partial charge in [-0.3, -0.25) is 19.5 Å². The highest BCUT2D eigenvalue weighted by Gasteiger charge is 2.26. The number of ether oxygens (including phenoxy) is 1. The molecule has 2 amide bonds. The Kier molecular flexibility index (Phi) is 4.18. The molecule has 0 saturated heterocycles. The van der Waals surface area contributed by atoms with E-state index in [0.29, 0.717) is 27.7 Å². The lowest BCUT2D eigenvalue weighted by atomic mass is 10.2. The summed E-state index contributed by atoms with van der Waals surface area (Å²) in [6.07, 6.45) is 1.64. The monoisotopic (exact) mass is 367 g/mol. The van der Waals surface area contributed by atoms with Crippen LogP contribution in [0.4, 0.5) is 11.4 Å². The van der Waals surface area contributed by atoms with Crippen LogP contribution in [0.3, 0.4) is 0 Å². The summed E-state index contributed by atoms with van der Waals surface area (Å²) >= 11 is 6.17. The summed E-state index contributed by atoms with van der Waals surface area (Å²) < 4.78 is 5.70. The standard InChI is InChI=1S/C19H14ClN3O3/c20-13-7-8-16(19-12(13)4-3-9-21-19)26-11-18(25)23-10-17(24)22-14-5-1-2-6-15(14)23/h1-9H,10-11H2,(H,22,24). The van der Waals surface area contributed by atoms with E-state index in [-0.39, 0.29) is 25.0 Å². The van der Waals surface area contributed by atoms with Gasteiger partial charge in [-0.15, -0.1) is 0 Å². The lowest BCUT2D eigenvalue weighted by Gasteiger charge is -2.29. The van der Waals surface area contributed by atoms with E-state index in [4.69, 9.17) is 16.3 Å². The average molecular weight is 368 g/mol. The van der Waals surface area contributed by atoms with Crippen LogP contribution in [-0.4, -0.2) is 29.9 Å². The minimum atomic E-state index is -0.314. The number of carbonyl (C=O) groups excluding carboxylic acids is 2. The molecule has 3 aromatic rings. The first-order valence-corrected chi connectivity index (χ1v) is 8.36. The Morgan fingerprint density at radius 1 is 1.19 bits per heavy atom. The van der Waals surface area contributed by atoms with Crippen LogP contribution in [0.5, 0.6) is 5.75 Å². The Bertz CT molecular complexity index is 1020. The van der Waals surface area contributed by atoms with E-state index in [0.717, 1.165) is 5.39 Å². The van der Waals surface area contributed by atoms with Crippen LogP contribution < -0.4 is 15.0 Å². The molecule has 1 aliphatic rings. The third-order valence-corrected chi connectivity index (χ3v) is 4.43. The quantitative estimate of drug-likeness (QED) is 0.771.